The Morgan fingerprint density at radius 2 is 1.89 bits per heavy atom. The molecule has 0 radical (unpaired) electrons. The summed E-state index contributed by atoms with van der Waals surface area (Å²) in [5.41, 5.74) is 2.20. The number of carbonyl (C=O) groups excluding carboxylic acids is 1. The van der Waals surface area contributed by atoms with E-state index in [1.807, 2.05) is 18.2 Å². The van der Waals surface area contributed by atoms with Crippen LogP contribution in [-0.2, 0) is 4.79 Å². The molecular weight excluding hydrogens is 359 g/mol. The Morgan fingerprint density at radius 3 is 2.68 bits per heavy atom. The molecule has 1 saturated heterocycles. The molecule has 4 rings (SSSR count). The zero-order valence-electron chi connectivity index (χ0n) is 15.6. The van der Waals surface area contributed by atoms with Crippen molar-refractivity contribution in [3.8, 4) is 11.1 Å². The van der Waals surface area contributed by atoms with Gasteiger partial charge in [0.15, 0.2) is 5.82 Å². The van der Waals surface area contributed by atoms with E-state index in [1.54, 1.807) is 12.3 Å². The molecule has 28 heavy (non-hydrogen) atoms. The molecule has 1 aliphatic rings. The Bertz CT molecular complexity index is 1000. The van der Waals surface area contributed by atoms with Crippen LogP contribution in [0.15, 0.2) is 42.7 Å². The fourth-order valence-corrected chi connectivity index (χ4v) is 3.25. The Balaban J connectivity index is 1.49. The maximum absolute atomic E-state index is 13.4. The van der Waals surface area contributed by atoms with E-state index in [-0.39, 0.29) is 11.7 Å². The molecule has 1 N–H and O–H groups in total. The Hall–Kier alpha value is -2.97. The number of pyridine rings is 1. The lowest BCUT2D eigenvalue weighted by atomic mass is 10.1. The summed E-state index contributed by atoms with van der Waals surface area (Å²) in [7, 11) is 2.08. The van der Waals surface area contributed by atoms with Gasteiger partial charge < -0.3 is 10.2 Å². The first-order valence-corrected chi connectivity index (χ1v) is 9.16. The summed E-state index contributed by atoms with van der Waals surface area (Å²) in [5, 5.41) is 11.9. The number of hydrogen-bond acceptors (Lipinski definition) is 6. The maximum Gasteiger partial charge on any atom is 0.239 e. The fourth-order valence-electron chi connectivity index (χ4n) is 3.25. The summed E-state index contributed by atoms with van der Waals surface area (Å²) in [6.07, 6.45) is 2.78. The SMILES string of the molecule is CN1CCN(CC(=O)Nc2cc3cc(-c4cncc(F)c4)ccc3nn2)CC1. The van der Waals surface area contributed by atoms with Crippen LogP contribution in [0.3, 0.4) is 0 Å². The fraction of sp³-hybridized carbons (Fsp3) is 0.300. The smallest absolute Gasteiger partial charge is 0.239 e. The molecule has 3 aromatic rings. The predicted molar refractivity (Wildman–Crippen MR) is 105 cm³/mol. The third-order valence-corrected chi connectivity index (χ3v) is 4.85. The van der Waals surface area contributed by atoms with Crippen LogP contribution in [0.2, 0.25) is 0 Å². The number of piperazine rings is 1. The van der Waals surface area contributed by atoms with E-state index in [4.69, 9.17) is 0 Å². The molecule has 0 aliphatic carbocycles. The summed E-state index contributed by atoms with van der Waals surface area (Å²) < 4.78 is 13.4. The Morgan fingerprint density at radius 1 is 1.07 bits per heavy atom. The minimum Gasteiger partial charge on any atom is -0.308 e. The standard InChI is InChI=1S/C20H21FN6O/c1-26-4-6-27(7-5-26)13-20(28)23-19-10-15-8-14(2-3-18(15)24-25-19)16-9-17(21)12-22-11-16/h2-3,8-12H,4-7,13H2,1H3,(H,23,25,28). The average Bonchev–Trinajstić information content (AvgIpc) is 2.69. The molecule has 1 aliphatic heterocycles. The van der Waals surface area contributed by atoms with Gasteiger partial charge in [-0.2, -0.15) is 0 Å². The summed E-state index contributed by atoms with van der Waals surface area (Å²) in [4.78, 5) is 20.6. The number of likely N-dealkylation sites (N-methyl/N-ethyl adjacent to an activating group) is 1. The molecule has 1 aromatic carbocycles. The van der Waals surface area contributed by atoms with Crippen LogP contribution in [-0.4, -0.2) is 70.7 Å². The number of rotatable bonds is 4. The predicted octanol–water partition coefficient (Wildman–Crippen LogP) is 2.02. The molecule has 2 aromatic heterocycles. The van der Waals surface area contributed by atoms with Crippen LogP contribution in [0.4, 0.5) is 10.2 Å². The van der Waals surface area contributed by atoms with Gasteiger partial charge in [0.05, 0.1) is 18.3 Å². The van der Waals surface area contributed by atoms with Crippen molar-refractivity contribution in [1.29, 1.82) is 0 Å². The lowest BCUT2D eigenvalue weighted by molar-refractivity contribution is -0.117. The van der Waals surface area contributed by atoms with Crippen LogP contribution >= 0.6 is 0 Å². The van der Waals surface area contributed by atoms with E-state index in [0.29, 0.717) is 23.4 Å². The van der Waals surface area contributed by atoms with E-state index in [1.165, 1.54) is 12.3 Å². The van der Waals surface area contributed by atoms with Gasteiger partial charge in [-0.05, 0) is 36.9 Å². The molecule has 144 valence electrons. The highest BCUT2D eigenvalue weighted by Gasteiger charge is 2.17. The number of aromatic nitrogens is 3. The molecule has 8 heteroatoms. The molecule has 0 saturated carbocycles. The van der Waals surface area contributed by atoms with Gasteiger partial charge in [0.1, 0.15) is 5.82 Å². The van der Waals surface area contributed by atoms with Gasteiger partial charge in [0.25, 0.3) is 0 Å². The zero-order chi connectivity index (χ0) is 19.5. The quantitative estimate of drug-likeness (QED) is 0.747. The molecule has 0 spiro atoms. The molecule has 1 amide bonds. The van der Waals surface area contributed by atoms with Crippen LogP contribution in [0.25, 0.3) is 22.0 Å². The lowest BCUT2D eigenvalue weighted by Crippen LogP contribution is -2.47. The van der Waals surface area contributed by atoms with Crippen molar-refractivity contribution >= 4 is 22.6 Å². The van der Waals surface area contributed by atoms with Gasteiger partial charge in [0.2, 0.25) is 5.91 Å². The number of hydrogen-bond donors (Lipinski definition) is 1. The molecule has 0 unspecified atom stereocenters. The van der Waals surface area contributed by atoms with E-state index >= 15 is 0 Å². The van der Waals surface area contributed by atoms with Crippen LogP contribution in [0.5, 0.6) is 0 Å². The molecule has 0 atom stereocenters. The van der Waals surface area contributed by atoms with E-state index in [0.717, 1.165) is 37.1 Å². The summed E-state index contributed by atoms with van der Waals surface area (Å²) in [6.45, 7) is 4.00. The van der Waals surface area contributed by atoms with Crippen molar-refractivity contribution in [2.75, 3.05) is 45.1 Å². The molecule has 1 fully saturated rings. The largest absolute Gasteiger partial charge is 0.308 e. The minimum atomic E-state index is -0.387. The van der Waals surface area contributed by atoms with E-state index in [2.05, 4.69) is 37.3 Å². The average molecular weight is 380 g/mol. The number of carbonyl (C=O) groups is 1. The number of halogens is 1. The number of nitrogens with zero attached hydrogens (tertiary/aromatic N) is 5. The number of nitrogens with one attached hydrogen (secondary N) is 1. The Labute approximate surface area is 162 Å². The van der Waals surface area contributed by atoms with Crippen LogP contribution in [0, 0.1) is 5.82 Å². The van der Waals surface area contributed by atoms with Gasteiger partial charge in [0, 0.05) is 43.3 Å². The van der Waals surface area contributed by atoms with Crippen molar-refractivity contribution in [3.05, 3.63) is 48.5 Å². The number of anilines is 1. The third kappa shape index (κ3) is 4.29. The second kappa shape index (κ2) is 7.95. The van der Waals surface area contributed by atoms with E-state index in [9.17, 15) is 9.18 Å². The molecule has 7 nitrogen and oxygen atoms in total. The molecular formula is C20H21FN6O. The molecule has 3 heterocycles. The maximum atomic E-state index is 13.4. The number of benzene rings is 1. The van der Waals surface area contributed by atoms with Crippen molar-refractivity contribution in [2.24, 2.45) is 0 Å². The van der Waals surface area contributed by atoms with Gasteiger partial charge in [-0.15, -0.1) is 10.2 Å². The number of fused-ring (bicyclic) bond motifs is 1. The van der Waals surface area contributed by atoms with Gasteiger partial charge in [-0.3, -0.25) is 14.7 Å². The second-order valence-corrected chi connectivity index (χ2v) is 7.02. The first kappa shape index (κ1) is 18.4. The van der Waals surface area contributed by atoms with Crippen LogP contribution in [0.1, 0.15) is 0 Å². The summed E-state index contributed by atoms with van der Waals surface area (Å²) in [6, 6.07) is 8.76. The second-order valence-electron chi connectivity index (χ2n) is 7.02. The van der Waals surface area contributed by atoms with Crippen molar-refractivity contribution in [3.63, 3.8) is 0 Å². The van der Waals surface area contributed by atoms with Crippen molar-refractivity contribution in [2.45, 2.75) is 0 Å². The highest BCUT2D eigenvalue weighted by Crippen LogP contribution is 2.24. The van der Waals surface area contributed by atoms with Gasteiger partial charge in [-0.25, -0.2) is 4.39 Å². The third-order valence-electron chi connectivity index (χ3n) is 4.85. The summed E-state index contributed by atoms with van der Waals surface area (Å²) in [5.74, 6) is -0.0906. The number of amides is 1. The zero-order valence-corrected chi connectivity index (χ0v) is 15.6. The summed E-state index contributed by atoms with van der Waals surface area (Å²) >= 11 is 0. The first-order valence-electron chi connectivity index (χ1n) is 9.16. The highest BCUT2D eigenvalue weighted by atomic mass is 19.1. The first-order chi connectivity index (χ1) is 13.6. The van der Waals surface area contributed by atoms with Crippen LogP contribution < -0.4 is 5.32 Å². The monoisotopic (exact) mass is 380 g/mol. The topological polar surface area (TPSA) is 74.2 Å². The van der Waals surface area contributed by atoms with E-state index < -0.39 is 0 Å². The normalized spacial score (nSPS) is 15.6. The lowest BCUT2D eigenvalue weighted by Gasteiger charge is -2.31. The molecule has 0 bridgehead atoms. The Kier molecular flexibility index (Phi) is 5.23. The van der Waals surface area contributed by atoms with Crippen molar-refractivity contribution in [1.82, 2.24) is 25.0 Å². The highest BCUT2D eigenvalue weighted by molar-refractivity contribution is 5.93. The minimum absolute atomic E-state index is 0.108. The van der Waals surface area contributed by atoms with Gasteiger partial charge >= 0.3 is 0 Å². The van der Waals surface area contributed by atoms with Crippen molar-refractivity contribution < 1.29 is 9.18 Å². The van der Waals surface area contributed by atoms with Gasteiger partial charge in [-0.1, -0.05) is 6.07 Å².